The van der Waals surface area contributed by atoms with Crippen molar-refractivity contribution in [1.82, 2.24) is 5.32 Å². The minimum atomic E-state index is -0.925. The fourth-order valence-corrected chi connectivity index (χ4v) is 2.47. The monoisotopic (exact) mass is 401 g/mol. The number of ether oxygens (including phenoxy) is 2. The Bertz CT molecular complexity index is 833. The van der Waals surface area contributed by atoms with Gasteiger partial charge in [0.1, 0.15) is 11.6 Å². The van der Waals surface area contributed by atoms with Crippen LogP contribution in [0.1, 0.15) is 36.2 Å². The van der Waals surface area contributed by atoms with Crippen molar-refractivity contribution in [2.45, 2.75) is 32.8 Å². The highest BCUT2D eigenvalue weighted by atomic mass is 19.1. The molecular formula is C22H24FNO5. The van der Waals surface area contributed by atoms with E-state index in [-0.39, 0.29) is 24.6 Å². The second-order valence-electron chi connectivity index (χ2n) is 6.48. The third-order valence-corrected chi connectivity index (χ3v) is 4.14. The minimum Gasteiger partial charge on any atom is -0.493 e. The molecule has 1 amide bonds. The van der Waals surface area contributed by atoms with Gasteiger partial charge in [-0.25, -0.2) is 4.39 Å². The first-order valence-corrected chi connectivity index (χ1v) is 9.30. The van der Waals surface area contributed by atoms with Crippen LogP contribution in [0.3, 0.4) is 0 Å². The molecule has 1 atom stereocenters. The van der Waals surface area contributed by atoms with Gasteiger partial charge in [0, 0.05) is 12.1 Å². The minimum absolute atomic E-state index is 0.0122. The van der Waals surface area contributed by atoms with Crippen LogP contribution in [-0.4, -0.2) is 36.9 Å². The van der Waals surface area contributed by atoms with Crippen molar-refractivity contribution >= 4 is 17.7 Å². The van der Waals surface area contributed by atoms with Crippen LogP contribution >= 0.6 is 0 Å². The number of nitrogens with one attached hydrogen (secondary N) is 1. The van der Waals surface area contributed by atoms with Gasteiger partial charge in [-0.1, -0.05) is 12.1 Å². The molecule has 0 saturated heterocycles. The molecule has 2 rings (SSSR count). The van der Waals surface area contributed by atoms with Crippen molar-refractivity contribution in [1.29, 1.82) is 0 Å². The smallest absolute Gasteiger partial charge is 0.310 e. The molecule has 0 radical (unpaired) electrons. The maximum absolute atomic E-state index is 12.9. The van der Waals surface area contributed by atoms with E-state index >= 15 is 0 Å². The van der Waals surface area contributed by atoms with E-state index in [9.17, 15) is 18.8 Å². The van der Waals surface area contributed by atoms with E-state index in [1.165, 1.54) is 26.0 Å². The molecule has 7 heteroatoms. The Labute approximate surface area is 169 Å². The summed E-state index contributed by atoms with van der Waals surface area (Å²) >= 11 is 0. The Hall–Kier alpha value is -3.22. The molecule has 0 fully saturated rings. The Balaban J connectivity index is 1.64. The van der Waals surface area contributed by atoms with Crippen LogP contribution in [0.5, 0.6) is 5.75 Å². The quantitative estimate of drug-likeness (QED) is 0.489. The van der Waals surface area contributed by atoms with E-state index in [1.807, 2.05) is 0 Å². The summed E-state index contributed by atoms with van der Waals surface area (Å²) in [5.41, 5.74) is 1.47. The van der Waals surface area contributed by atoms with Crippen LogP contribution in [0.4, 0.5) is 4.39 Å². The van der Waals surface area contributed by atoms with Crippen LogP contribution in [0.25, 0.3) is 0 Å². The molecule has 0 spiro atoms. The van der Waals surface area contributed by atoms with Crippen molar-refractivity contribution < 1.29 is 28.2 Å². The number of benzene rings is 2. The average molecular weight is 401 g/mol. The lowest BCUT2D eigenvalue weighted by Crippen LogP contribution is -2.37. The second-order valence-corrected chi connectivity index (χ2v) is 6.48. The molecule has 29 heavy (non-hydrogen) atoms. The lowest BCUT2D eigenvalue weighted by Gasteiger charge is -2.14. The average Bonchev–Trinajstić information content (AvgIpc) is 2.69. The zero-order valence-electron chi connectivity index (χ0n) is 16.4. The summed E-state index contributed by atoms with van der Waals surface area (Å²) in [7, 11) is 0. The topological polar surface area (TPSA) is 81.7 Å². The van der Waals surface area contributed by atoms with Crippen LogP contribution < -0.4 is 10.1 Å². The lowest BCUT2D eigenvalue weighted by molar-refractivity contribution is -0.155. The molecule has 154 valence electrons. The van der Waals surface area contributed by atoms with E-state index in [0.717, 1.165) is 5.56 Å². The Morgan fingerprint density at radius 1 is 1.03 bits per heavy atom. The first kappa shape index (κ1) is 22.1. The van der Waals surface area contributed by atoms with E-state index in [4.69, 9.17) is 9.47 Å². The molecule has 1 unspecified atom stereocenters. The fraction of sp³-hybridized carbons (Fsp3) is 0.318. The third-order valence-electron chi connectivity index (χ3n) is 4.14. The number of esters is 1. The summed E-state index contributed by atoms with van der Waals surface area (Å²) in [6, 6.07) is 12.6. The van der Waals surface area contributed by atoms with Gasteiger partial charge in [0.15, 0.2) is 11.9 Å². The molecule has 0 heterocycles. The number of amides is 1. The number of hydrogen-bond acceptors (Lipinski definition) is 5. The highest BCUT2D eigenvalue weighted by Gasteiger charge is 2.17. The van der Waals surface area contributed by atoms with E-state index in [1.54, 1.807) is 36.4 Å². The predicted octanol–water partition coefficient (Wildman–Crippen LogP) is 3.09. The van der Waals surface area contributed by atoms with Gasteiger partial charge in [-0.3, -0.25) is 14.4 Å². The zero-order chi connectivity index (χ0) is 21.2. The van der Waals surface area contributed by atoms with Crippen molar-refractivity contribution in [3.05, 3.63) is 65.5 Å². The molecule has 0 saturated carbocycles. The van der Waals surface area contributed by atoms with Crippen LogP contribution in [0, 0.1) is 5.82 Å². The van der Waals surface area contributed by atoms with Gasteiger partial charge in [-0.05, 0) is 62.2 Å². The Morgan fingerprint density at radius 3 is 2.31 bits per heavy atom. The van der Waals surface area contributed by atoms with Crippen LogP contribution in [0.2, 0.25) is 0 Å². The molecule has 6 nitrogen and oxygen atoms in total. The van der Waals surface area contributed by atoms with Gasteiger partial charge in [0.05, 0.1) is 13.0 Å². The summed E-state index contributed by atoms with van der Waals surface area (Å²) in [4.78, 5) is 35.1. The molecule has 0 aliphatic heterocycles. The lowest BCUT2D eigenvalue weighted by atomic mass is 10.1. The Morgan fingerprint density at radius 2 is 1.69 bits per heavy atom. The number of carbonyl (C=O) groups is 3. The van der Waals surface area contributed by atoms with Gasteiger partial charge in [0.25, 0.3) is 5.91 Å². The first-order valence-electron chi connectivity index (χ1n) is 9.30. The highest BCUT2D eigenvalue weighted by Crippen LogP contribution is 2.13. The molecule has 0 bridgehead atoms. The predicted molar refractivity (Wildman–Crippen MR) is 105 cm³/mol. The molecule has 0 aliphatic carbocycles. The number of hydrogen-bond donors (Lipinski definition) is 1. The van der Waals surface area contributed by atoms with Gasteiger partial charge >= 0.3 is 5.97 Å². The van der Waals surface area contributed by atoms with Gasteiger partial charge in [-0.2, -0.15) is 0 Å². The van der Waals surface area contributed by atoms with Crippen molar-refractivity contribution in [2.24, 2.45) is 0 Å². The summed E-state index contributed by atoms with van der Waals surface area (Å²) in [6.45, 7) is 3.42. The molecule has 0 aliphatic rings. The van der Waals surface area contributed by atoms with Gasteiger partial charge < -0.3 is 14.8 Å². The SMILES string of the molecule is CC(=O)c1ccc(OCCC(=O)OC(C)C(=O)NCCc2ccc(F)cc2)cc1. The summed E-state index contributed by atoms with van der Waals surface area (Å²) in [5.74, 6) is -0.762. The van der Waals surface area contributed by atoms with Crippen molar-refractivity contribution in [3.63, 3.8) is 0 Å². The standard InChI is InChI=1S/C22H24FNO5/c1-15(25)18-5-9-20(10-6-18)28-14-12-21(26)29-16(2)22(27)24-13-11-17-3-7-19(23)8-4-17/h3-10,16H,11-14H2,1-2H3,(H,24,27). The van der Waals surface area contributed by atoms with E-state index in [2.05, 4.69) is 5.32 Å². The number of rotatable bonds is 10. The van der Waals surface area contributed by atoms with Crippen LogP contribution in [-0.2, 0) is 20.7 Å². The number of halogens is 1. The van der Waals surface area contributed by atoms with E-state index in [0.29, 0.717) is 24.3 Å². The zero-order valence-corrected chi connectivity index (χ0v) is 16.4. The molecule has 1 N–H and O–H groups in total. The molecule has 2 aromatic rings. The molecular weight excluding hydrogens is 377 g/mol. The van der Waals surface area contributed by atoms with Crippen LogP contribution in [0.15, 0.2) is 48.5 Å². The maximum Gasteiger partial charge on any atom is 0.310 e. The summed E-state index contributed by atoms with van der Waals surface area (Å²) in [6.07, 6.45) is -0.393. The Kier molecular flexibility index (Phi) is 8.33. The number of Topliss-reactive ketones (excluding diaryl/α,β-unsaturated/α-hetero) is 1. The molecule has 0 aromatic heterocycles. The first-order chi connectivity index (χ1) is 13.8. The van der Waals surface area contributed by atoms with Crippen molar-refractivity contribution in [3.8, 4) is 5.75 Å². The normalized spacial score (nSPS) is 11.4. The maximum atomic E-state index is 12.9. The number of carbonyl (C=O) groups excluding carboxylic acids is 3. The third kappa shape index (κ3) is 7.73. The highest BCUT2D eigenvalue weighted by molar-refractivity contribution is 5.94. The van der Waals surface area contributed by atoms with Gasteiger partial charge in [0.2, 0.25) is 0 Å². The molecule has 2 aromatic carbocycles. The van der Waals surface area contributed by atoms with Crippen molar-refractivity contribution in [2.75, 3.05) is 13.2 Å². The summed E-state index contributed by atoms with van der Waals surface area (Å²) < 4.78 is 23.4. The van der Waals surface area contributed by atoms with Gasteiger partial charge in [-0.15, -0.1) is 0 Å². The van der Waals surface area contributed by atoms with E-state index < -0.39 is 18.0 Å². The second kappa shape index (κ2) is 10.9. The largest absolute Gasteiger partial charge is 0.493 e. The number of ketones is 1. The fourth-order valence-electron chi connectivity index (χ4n) is 2.47. The summed E-state index contributed by atoms with van der Waals surface area (Å²) in [5, 5.41) is 2.68.